The average molecular weight is 233 g/mol. The summed E-state index contributed by atoms with van der Waals surface area (Å²) in [4.78, 5) is 2.45. The van der Waals surface area contributed by atoms with Gasteiger partial charge in [-0.15, -0.1) is 0 Å². The van der Waals surface area contributed by atoms with Crippen molar-refractivity contribution in [1.82, 2.24) is 4.90 Å². The fourth-order valence-corrected chi connectivity index (χ4v) is 2.39. The first-order valence-corrected chi connectivity index (χ1v) is 6.47. The van der Waals surface area contributed by atoms with Gasteiger partial charge in [-0.25, -0.2) is 0 Å². The summed E-state index contributed by atoms with van der Waals surface area (Å²) in [5, 5.41) is 3.49. The van der Waals surface area contributed by atoms with Crippen molar-refractivity contribution in [2.75, 3.05) is 31.2 Å². The summed E-state index contributed by atoms with van der Waals surface area (Å²) >= 11 is 0. The lowest BCUT2D eigenvalue weighted by Crippen LogP contribution is -2.40. The molecule has 1 aromatic carbocycles. The van der Waals surface area contributed by atoms with Crippen molar-refractivity contribution in [3.63, 3.8) is 0 Å². The Bertz CT molecular complexity index is 376. The predicted octanol–water partition coefficient (Wildman–Crippen LogP) is 2.47. The summed E-state index contributed by atoms with van der Waals surface area (Å²) in [5.74, 6) is 0. The zero-order valence-corrected chi connectivity index (χ0v) is 10.9. The molecule has 0 spiro atoms. The van der Waals surface area contributed by atoms with Crippen LogP contribution in [0, 0.1) is 6.92 Å². The molecular weight excluding hydrogens is 210 g/mol. The highest BCUT2D eigenvalue weighted by Crippen LogP contribution is 2.19. The number of hydrogen-bond acceptors (Lipinski definition) is 3. The quantitative estimate of drug-likeness (QED) is 0.788. The maximum atomic E-state index is 5.91. The molecule has 1 fully saturated rings. The number of rotatable bonds is 3. The summed E-state index contributed by atoms with van der Waals surface area (Å²) in [5.41, 5.74) is 9.05. The number of nitrogens with one attached hydrogen (secondary N) is 1. The van der Waals surface area contributed by atoms with Crippen LogP contribution in [0.5, 0.6) is 0 Å². The van der Waals surface area contributed by atoms with Gasteiger partial charge in [0, 0.05) is 24.0 Å². The maximum absolute atomic E-state index is 5.91. The monoisotopic (exact) mass is 233 g/mol. The van der Waals surface area contributed by atoms with Crippen molar-refractivity contribution >= 4 is 11.4 Å². The number of benzene rings is 1. The molecule has 1 aliphatic rings. The van der Waals surface area contributed by atoms with Crippen LogP contribution in [0.25, 0.3) is 0 Å². The van der Waals surface area contributed by atoms with Crippen molar-refractivity contribution < 1.29 is 0 Å². The molecule has 3 nitrogen and oxygen atoms in total. The Morgan fingerprint density at radius 2 is 2.24 bits per heavy atom. The van der Waals surface area contributed by atoms with Crippen LogP contribution < -0.4 is 11.1 Å². The lowest BCUT2D eigenvalue weighted by molar-refractivity contribution is 0.194. The molecular formula is C14H23N3. The second-order valence-corrected chi connectivity index (χ2v) is 5.08. The van der Waals surface area contributed by atoms with Crippen molar-refractivity contribution in [1.29, 1.82) is 0 Å². The Hall–Kier alpha value is -1.22. The molecule has 1 heterocycles. The molecule has 1 atom stereocenters. The molecule has 1 unspecified atom stereocenters. The predicted molar refractivity (Wildman–Crippen MR) is 74.4 cm³/mol. The molecule has 3 N–H and O–H groups in total. The third kappa shape index (κ3) is 3.13. The highest BCUT2D eigenvalue weighted by molar-refractivity contribution is 5.58. The van der Waals surface area contributed by atoms with Gasteiger partial charge < -0.3 is 16.0 Å². The van der Waals surface area contributed by atoms with Crippen LogP contribution in [-0.4, -0.2) is 31.1 Å². The molecule has 0 bridgehead atoms. The Balaban J connectivity index is 1.90. The molecule has 0 amide bonds. The highest BCUT2D eigenvalue weighted by Gasteiger charge is 2.18. The molecule has 17 heavy (non-hydrogen) atoms. The first-order chi connectivity index (χ1) is 8.16. The largest absolute Gasteiger partial charge is 0.398 e. The third-order valence-electron chi connectivity index (χ3n) is 3.74. The SMILES string of the molecule is Cc1ccc(NCC2CCCCN2C)cc1N. The van der Waals surface area contributed by atoms with Gasteiger partial charge in [-0.2, -0.15) is 0 Å². The van der Waals surface area contributed by atoms with Crippen LogP contribution in [0.2, 0.25) is 0 Å². The average Bonchev–Trinajstić information content (AvgIpc) is 2.32. The lowest BCUT2D eigenvalue weighted by atomic mass is 10.0. The van der Waals surface area contributed by atoms with Gasteiger partial charge in [0.2, 0.25) is 0 Å². The van der Waals surface area contributed by atoms with Crippen LogP contribution in [0.4, 0.5) is 11.4 Å². The number of hydrogen-bond donors (Lipinski definition) is 2. The van der Waals surface area contributed by atoms with E-state index in [1.54, 1.807) is 0 Å². The number of nitrogens with zero attached hydrogens (tertiary/aromatic N) is 1. The van der Waals surface area contributed by atoms with E-state index >= 15 is 0 Å². The van der Waals surface area contributed by atoms with Gasteiger partial charge in [0.25, 0.3) is 0 Å². The third-order valence-corrected chi connectivity index (χ3v) is 3.74. The molecule has 0 aliphatic carbocycles. The number of piperidine rings is 1. The standard InChI is InChI=1S/C14H23N3/c1-11-6-7-12(9-14(11)15)16-10-13-5-3-4-8-17(13)2/h6-7,9,13,16H,3-5,8,10,15H2,1-2H3. The van der Waals surface area contributed by atoms with Crippen LogP contribution >= 0.6 is 0 Å². The number of nitrogens with two attached hydrogens (primary N) is 1. The number of aryl methyl sites for hydroxylation is 1. The Morgan fingerprint density at radius 3 is 2.94 bits per heavy atom. The summed E-state index contributed by atoms with van der Waals surface area (Å²) in [6.45, 7) is 4.27. The van der Waals surface area contributed by atoms with E-state index in [4.69, 9.17) is 5.73 Å². The topological polar surface area (TPSA) is 41.3 Å². The van der Waals surface area contributed by atoms with Crippen LogP contribution in [0.3, 0.4) is 0 Å². The Labute approximate surface area is 104 Å². The van der Waals surface area contributed by atoms with Gasteiger partial charge >= 0.3 is 0 Å². The van der Waals surface area contributed by atoms with E-state index in [0.717, 1.165) is 23.5 Å². The zero-order valence-electron chi connectivity index (χ0n) is 10.9. The van der Waals surface area contributed by atoms with Crippen molar-refractivity contribution in [3.05, 3.63) is 23.8 Å². The van der Waals surface area contributed by atoms with Gasteiger partial charge in [-0.05, 0) is 51.1 Å². The van der Waals surface area contributed by atoms with Crippen LogP contribution in [0.15, 0.2) is 18.2 Å². The summed E-state index contributed by atoms with van der Waals surface area (Å²) < 4.78 is 0. The zero-order chi connectivity index (χ0) is 12.3. The Kier molecular flexibility index (Phi) is 3.89. The minimum Gasteiger partial charge on any atom is -0.398 e. The molecule has 1 saturated heterocycles. The van der Waals surface area contributed by atoms with E-state index < -0.39 is 0 Å². The molecule has 0 aromatic heterocycles. The molecule has 1 aromatic rings. The first-order valence-electron chi connectivity index (χ1n) is 6.47. The minimum absolute atomic E-state index is 0.659. The Morgan fingerprint density at radius 1 is 1.41 bits per heavy atom. The van der Waals surface area contributed by atoms with Crippen molar-refractivity contribution in [2.45, 2.75) is 32.2 Å². The summed E-state index contributed by atoms with van der Waals surface area (Å²) in [6.07, 6.45) is 3.99. The smallest absolute Gasteiger partial charge is 0.0364 e. The highest BCUT2D eigenvalue weighted by atomic mass is 15.2. The van der Waals surface area contributed by atoms with E-state index in [1.165, 1.54) is 25.8 Å². The molecule has 0 saturated carbocycles. The minimum atomic E-state index is 0.659. The second-order valence-electron chi connectivity index (χ2n) is 5.08. The molecule has 2 rings (SSSR count). The van der Waals surface area contributed by atoms with Gasteiger partial charge in [0.15, 0.2) is 0 Å². The first kappa shape index (κ1) is 12.2. The van der Waals surface area contributed by atoms with Gasteiger partial charge in [-0.3, -0.25) is 0 Å². The van der Waals surface area contributed by atoms with Gasteiger partial charge in [-0.1, -0.05) is 12.5 Å². The van der Waals surface area contributed by atoms with E-state index in [0.29, 0.717) is 6.04 Å². The summed E-state index contributed by atoms with van der Waals surface area (Å²) in [7, 11) is 2.22. The van der Waals surface area contributed by atoms with E-state index in [-0.39, 0.29) is 0 Å². The van der Waals surface area contributed by atoms with Crippen molar-refractivity contribution in [3.8, 4) is 0 Å². The number of nitrogen functional groups attached to an aromatic ring is 1. The normalized spacial score (nSPS) is 21.4. The van der Waals surface area contributed by atoms with Crippen LogP contribution in [0.1, 0.15) is 24.8 Å². The molecule has 94 valence electrons. The fourth-order valence-electron chi connectivity index (χ4n) is 2.39. The van der Waals surface area contributed by atoms with Gasteiger partial charge in [0.05, 0.1) is 0 Å². The maximum Gasteiger partial charge on any atom is 0.0364 e. The fraction of sp³-hybridized carbons (Fsp3) is 0.571. The second kappa shape index (κ2) is 5.41. The summed E-state index contributed by atoms with van der Waals surface area (Å²) in [6, 6.07) is 6.86. The number of anilines is 2. The van der Waals surface area contributed by atoms with E-state index in [2.05, 4.69) is 29.4 Å². The van der Waals surface area contributed by atoms with E-state index in [9.17, 15) is 0 Å². The molecule has 3 heteroatoms. The van der Waals surface area contributed by atoms with Crippen LogP contribution in [-0.2, 0) is 0 Å². The molecule has 0 radical (unpaired) electrons. The lowest BCUT2D eigenvalue weighted by Gasteiger charge is -2.32. The number of likely N-dealkylation sites (N-methyl/N-ethyl adjacent to an activating group) is 1. The van der Waals surface area contributed by atoms with Crippen molar-refractivity contribution in [2.24, 2.45) is 0 Å². The van der Waals surface area contributed by atoms with E-state index in [1.807, 2.05) is 13.0 Å². The molecule has 1 aliphatic heterocycles. The van der Waals surface area contributed by atoms with Gasteiger partial charge in [0.1, 0.15) is 0 Å². The number of likely N-dealkylation sites (tertiary alicyclic amines) is 1.